The van der Waals surface area contributed by atoms with Crippen LogP contribution in [0.5, 0.6) is 0 Å². The Kier molecular flexibility index (Phi) is 14.9. The number of nitrogens with zero attached hydrogens (tertiary/aromatic N) is 1. The first-order valence-corrected chi connectivity index (χ1v) is 14.0. The van der Waals surface area contributed by atoms with Gasteiger partial charge < -0.3 is 31.7 Å². The standard InChI is InChI=1S/C31H45N5O3/c1-2-3-4-5-6-7-10-24(14-15-25-11-8-12-26(21-25)18-20-37)16-17-28(36-29-13-9-19-34-29)27(22-30(38)39)23-35-31(32)33/h8-9,11-15,19-22,24,28,34,36H,2-7,10,16-18,23H2,1H3,(H,38,39)(H4,32,33,35). The summed E-state index contributed by atoms with van der Waals surface area (Å²) < 4.78 is 0. The number of carbonyl (C=O) groups is 2. The number of aliphatic carboxylic acids is 1. The van der Waals surface area contributed by atoms with E-state index in [9.17, 15) is 14.7 Å². The number of carbonyl (C=O) groups excluding carboxylic acids is 1. The molecule has 0 aliphatic heterocycles. The molecule has 1 aromatic carbocycles. The number of aromatic nitrogens is 1. The van der Waals surface area contributed by atoms with Crippen LogP contribution in [0.1, 0.15) is 75.8 Å². The highest BCUT2D eigenvalue weighted by Gasteiger charge is 2.18. The van der Waals surface area contributed by atoms with Gasteiger partial charge >= 0.3 is 5.97 Å². The lowest BCUT2D eigenvalue weighted by Gasteiger charge is -2.23. The molecule has 0 amide bonds. The number of nitrogens with two attached hydrogens (primary N) is 2. The van der Waals surface area contributed by atoms with Gasteiger partial charge in [0, 0.05) is 18.7 Å². The molecule has 1 heterocycles. The minimum Gasteiger partial charge on any atom is -0.478 e. The van der Waals surface area contributed by atoms with Crippen molar-refractivity contribution in [1.82, 2.24) is 4.98 Å². The summed E-state index contributed by atoms with van der Waals surface area (Å²) >= 11 is 0. The fourth-order valence-corrected chi connectivity index (χ4v) is 4.63. The average Bonchev–Trinajstić information content (AvgIpc) is 3.42. The number of hydrogen-bond acceptors (Lipinski definition) is 4. The Bertz CT molecular complexity index is 1070. The van der Waals surface area contributed by atoms with Gasteiger partial charge in [-0.15, -0.1) is 0 Å². The molecule has 2 atom stereocenters. The van der Waals surface area contributed by atoms with Crippen LogP contribution in [0.25, 0.3) is 6.08 Å². The number of allylic oxidation sites excluding steroid dienone is 1. The van der Waals surface area contributed by atoms with Crippen LogP contribution in [-0.2, 0) is 16.0 Å². The van der Waals surface area contributed by atoms with Crippen LogP contribution in [-0.4, -0.2) is 40.9 Å². The zero-order valence-electron chi connectivity index (χ0n) is 23.1. The fourth-order valence-electron chi connectivity index (χ4n) is 4.63. The number of nitrogens with one attached hydrogen (secondary N) is 2. The van der Waals surface area contributed by atoms with Crippen molar-refractivity contribution in [3.05, 3.63) is 71.4 Å². The number of aromatic amines is 1. The Morgan fingerprint density at radius 2 is 1.87 bits per heavy atom. The topological polar surface area (TPSA) is 147 Å². The molecule has 7 N–H and O–H groups in total. The molecule has 0 saturated heterocycles. The van der Waals surface area contributed by atoms with Gasteiger partial charge in [-0.25, -0.2) is 9.79 Å². The summed E-state index contributed by atoms with van der Waals surface area (Å²) in [6, 6.07) is 11.6. The minimum absolute atomic E-state index is 0.0781. The Labute approximate surface area is 232 Å². The predicted octanol–water partition coefficient (Wildman–Crippen LogP) is 5.68. The maximum absolute atomic E-state index is 11.6. The number of H-pyrrole nitrogens is 1. The number of carboxylic acid groups (broad SMARTS) is 1. The summed E-state index contributed by atoms with van der Waals surface area (Å²) in [6.45, 7) is 2.33. The largest absolute Gasteiger partial charge is 0.478 e. The van der Waals surface area contributed by atoms with Gasteiger partial charge in [-0.1, -0.05) is 81.9 Å². The predicted molar refractivity (Wildman–Crippen MR) is 161 cm³/mol. The molecule has 8 nitrogen and oxygen atoms in total. The molecule has 1 aromatic heterocycles. The van der Waals surface area contributed by atoms with Gasteiger partial charge in [-0.05, 0) is 54.0 Å². The molecule has 0 fully saturated rings. The number of guanidine groups is 1. The van der Waals surface area contributed by atoms with Crippen molar-refractivity contribution in [2.75, 3.05) is 11.9 Å². The highest BCUT2D eigenvalue weighted by molar-refractivity contribution is 5.81. The number of carboxylic acids is 1. The summed E-state index contributed by atoms with van der Waals surface area (Å²) in [7, 11) is 0. The number of benzene rings is 1. The summed E-state index contributed by atoms with van der Waals surface area (Å²) in [5.74, 6) is 0.00223. The second-order valence-corrected chi connectivity index (χ2v) is 9.95. The first-order chi connectivity index (χ1) is 18.9. The summed E-state index contributed by atoms with van der Waals surface area (Å²) in [4.78, 5) is 29.8. The second-order valence-electron chi connectivity index (χ2n) is 9.95. The van der Waals surface area contributed by atoms with E-state index in [1.54, 1.807) is 0 Å². The lowest BCUT2D eigenvalue weighted by atomic mass is 9.90. The Morgan fingerprint density at radius 3 is 2.56 bits per heavy atom. The minimum atomic E-state index is -1.03. The fraction of sp³-hybridized carbons (Fsp3) is 0.452. The van der Waals surface area contributed by atoms with Crippen LogP contribution in [0.15, 0.2) is 65.3 Å². The van der Waals surface area contributed by atoms with Crippen molar-refractivity contribution >= 4 is 30.1 Å². The van der Waals surface area contributed by atoms with Gasteiger partial charge in [0.05, 0.1) is 12.6 Å². The van der Waals surface area contributed by atoms with Crippen molar-refractivity contribution in [3.8, 4) is 0 Å². The summed E-state index contributed by atoms with van der Waals surface area (Å²) in [5.41, 5.74) is 13.8. The zero-order valence-corrected chi connectivity index (χ0v) is 23.1. The van der Waals surface area contributed by atoms with Crippen molar-refractivity contribution < 1.29 is 14.7 Å². The molecule has 0 saturated carbocycles. The maximum atomic E-state index is 11.6. The van der Waals surface area contributed by atoms with Crippen LogP contribution in [0.2, 0.25) is 0 Å². The molecule has 0 spiro atoms. The summed E-state index contributed by atoms with van der Waals surface area (Å²) in [5, 5.41) is 13.0. The first kappa shape index (κ1) is 31.4. The summed E-state index contributed by atoms with van der Waals surface area (Å²) in [6.07, 6.45) is 18.7. The van der Waals surface area contributed by atoms with Crippen LogP contribution in [0.3, 0.4) is 0 Å². The molecule has 8 heteroatoms. The molecule has 0 bridgehead atoms. The van der Waals surface area contributed by atoms with Crippen molar-refractivity contribution in [2.24, 2.45) is 22.4 Å². The van der Waals surface area contributed by atoms with Crippen LogP contribution >= 0.6 is 0 Å². The molecule has 212 valence electrons. The van der Waals surface area contributed by atoms with E-state index >= 15 is 0 Å². The third kappa shape index (κ3) is 13.5. The molecular weight excluding hydrogens is 490 g/mol. The highest BCUT2D eigenvalue weighted by Crippen LogP contribution is 2.24. The third-order valence-electron chi connectivity index (χ3n) is 6.71. The van der Waals surface area contributed by atoms with E-state index in [1.165, 1.54) is 38.2 Å². The van der Waals surface area contributed by atoms with Gasteiger partial charge in [0.1, 0.15) is 12.1 Å². The van der Waals surface area contributed by atoms with Crippen LogP contribution in [0.4, 0.5) is 5.82 Å². The van der Waals surface area contributed by atoms with Crippen molar-refractivity contribution in [1.29, 1.82) is 0 Å². The van der Waals surface area contributed by atoms with E-state index in [-0.39, 0.29) is 18.5 Å². The Balaban J connectivity index is 2.20. The Hall–Kier alpha value is -3.81. The second kappa shape index (κ2) is 18.4. The first-order valence-electron chi connectivity index (χ1n) is 14.0. The maximum Gasteiger partial charge on any atom is 0.328 e. The number of anilines is 1. The molecule has 0 aliphatic rings. The molecule has 39 heavy (non-hydrogen) atoms. The van der Waals surface area contributed by atoms with E-state index < -0.39 is 5.97 Å². The smallest absolute Gasteiger partial charge is 0.328 e. The number of rotatable bonds is 20. The highest BCUT2D eigenvalue weighted by atomic mass is 16.4. The van der Waals surface area contributed by atoms with Crippen molar-refractivity contribution in [3.63, 3.8) is 0 Å². The quantitative estimate of drug-likeness (QED) is 0.0484. The van der Waals surface area contributed by atoms with Crippen LogP contribution < -0.4 is 16.8 Å². The lowest BCUT2D eigenvalue weighted by Crippen LogP contribution is -2.28. The van der Waals surface area contributed by atoms with E-state index in [4.69, 9.17) is 11.5 Å². The Morgan fingerprint density at radius 1 is 1.08 bits per heavy atom. The molecule has 2 unspecified atom stereocenters. The molecule has 2 rings (SSSR count). The SMILES string of the molecule is CCCCCCCCC(C=Cc1cccc(CC=O)c1)CCC(Nc1ccc[nH]1)C(=CC(=O)O)CN=C(N)N. The zero-order chi connectivity index (χ0) is 28.3. The van der Waals surface area contributed by atoms with Gasteiger partial charge in [-0.2, -0.15) is 0 Å². The van der Waals surface area contributed by atoms with E-state index in [2.05, 4.69) is 34.4 Å². The van der Waals surface area contributed by atoms with Gasteiger partial charge in [-0.3, -0.25) is 0 Å². The monoisotopic (exact) mass is 535 g/mol. The molecular formula is C31H45N5O3. The average molecular weight is 536 g/mol. The number of hydrogen-bond donors (Lipinski definition) is 5. The van der Waals surface area contributed by atoms with E-state index in [1.807, 2.05) is 42.6 Å². The molecule has 0 radical (unpaired) electrons. The lowest BCUT2D eigenvalue weighted by molar-refractivity contribution is -0.131. The number of aliphatic imine (C=N–C) groups is 1. The van der Waals surface area contributed by atoms with Crippen LogP contribution in [0, 0.1) is 5.92 Å². The third-order valence-corrected chi connectivity index (χ3v) is 6.71. The van der Waals surface area contributed by atoms with E-state index in [0.717, 1.165) is 42.5 Å². The molecule has 0 aliphatic carbocycles. The normalized spacial score (nSPS) is 13.2. The molecule has 2 aromatic rings. The number of aldehydes is 1. The van der Waals surface area contributed by atoms with Gasteiger partial charge in [0.15, 0.2) is 5.96 Å². The number of unbranched alkanes of at least 4 members (excludes halogenated alkanes) is 5. The van der Waals surface area contributed by atoms with Crippen molar-refractivity contribution in [2.45, 2.75) is 77.2 Å². The van der Waals surface area contributed by atoms with Gasteiger partial charge in [0.2, 0.25) is 0 Å². The van der Waals surface area contributed by atoms with E-state index in [0.29, 0.717) is 24.3 Å². The van der Waals surface area contributed by atoms with Gasteiger partial charge in [0.25, 0.3) is 0 Å².